The Balaban J connectivity index is 1.90. The van der Waals surface area contributed by atoms with E-state index in [-0.39, 0.29) is 22.7 Å². The summed E-state index contributed by atoms with van der Waals surface area (Å²) in [6.45, 7) is 3.39. The quantitative estimate of drug-likeness (QED) is 0.854. The van der Waals surface area contributed by atoms with Crippen LogP contribution in [-0.2, 0) is 4.79 Å². The van der Waals surface area contributed by atoms with E-state index in [4.69, 9.17) is 0 Å². The number of imide groups is 1. The number of amides is 3. The Hall–Kier alpha value is -3.09. The second-order valence-electron chi connectivity index (χ2n) is 6.33. The summed E-state index contributed by atoms with van der Waals surface area (Å²) in [6, 6.07) is 8.18. The fraction of sp³-hybridized carbons (Fsp3) is 0.211. The summed E-state index contributed by atoms with van der Waals surface area (Å²) in [6.07, 6.45) is 0. The van der Waals surface area contributed by atoms with Gasteiger partial charge in [0.1, 0.15) is 6.04 Å². The molecule has 0 spiro atoms. The van der Waals surface area contributed by atoms with Crippen molar-refractivity contribution in [2.24, 2.45) is 5.92 Å². The number of benzene rings is 2. The molecule has 7 heteroatoms. The van der Waals surface area contributed by atoms with Gasteiger partial charge in [-0.25, -0.2) is 8.78 Å². The van der Waals surface area contributed by atoms with Crippen LogP contribution in [0.5, 0.6) is 0 Å². The second kappa shape index (κ2) is 6.67. The van der Waals surface area contributed by atoms with E-state index in [2.05, 4.69) is 5.32 Å². The van der Waals surface area contributed by atoms with Gasteiger partial charge in [0.25, 0.3) is 11.8 Å². The number of halogens is 2. The maximum atomic E-state index is 13.3. The van der Waals surface area contributed by atoms with Crippen molar-refractivity contribution in [3.8, 4) is 0 Å². The number of nitrogens with one attached hydrogen (secondary N) is 1. The monoisotopic (exact) mass is 358 g/mol. The van der Waals surface area contributed by atoms with Gasteiger partial charge in [-0.3, -0.25) is 19.3 Å². The van der Waals surface area contributed by atoms with Crippen molar-refractivity contribution < 1.29 is 23.2 Å². The lowest BCUT2D eigenvalue weighted by Gasteiger charge is -2.28. The minimum atomic E-state index is -1.11. The number of hydrogen-bond acceptors (Lipinski definition) is 3. The first kappa shape index (κ1) is 17.7. The second-order valence-corrected chi connectivity index (χ2v) is 6.33. The van der Waals surface area contributed by atoms with E-state index in [1.54, 1.807) is 26.0 Å². The van der Waals surface area contributed by atoms with Crippen molar-refractivity contribution >= 4 is 23.4 Å². The van der Waals surface area contributed by atoms with Crippen LogP contribution in [0.15, 0.2) is 42.5 Å². The molecule has 1 unspecified atom stereocenters. The third-order valence-electron chi connectivity index (χ3n) is 4.19. The van der Waals surface area contributed by atoms with Crippen LogP contribution < -0.4 is 5.32 Å². The molecule has 1 heterocycles. The summed E-state index contributed by atoms with van der Waals surface area (Å²) >= 11 is 0. The SMILES string of the molecule is CC(C)C(C(=O)Nc1ccc(F)c(F)c1)N1C(=O)c2ccccc2C1=O. The molecule has 0 saturated heterocycles. The highest BCUT2D eigenvalue weighted by atomic mass is 19.2. The van der Waals surface area contributed by atoms with Gasteiger partial charge in [-0.2, -0.15) is 0 Å². The molecule has 1 aliphatic heterocycles. The first-order valence-electron chi connectivity index (χ1n) is 8.04. The Morgan fingerprint density at radius 3 is 2.04 bits per heavy atom. The summed E-state index contributed by atoms with van der Waals surface area (Å²) in [5.74, 6) is -4.29. The molecule has 0 fully saturated rings. The highest BCUT2D eigenvalue weighted by Gasteiger charge is 2.43. The fourth-order valence-electron chi connectivity index (χ4n) is 2.97. The van der Waals surface area contributed by atoms with Crippen LogP contribution in [0, 0.1) is 17.6 Å². The lowest BCUT2D eigenvalue weighted by atomic mass is 10.0. The molecule has 1 N–H and O–H groups in total. The molecule has 0 aliphatic carbocycles. The Bertz CT molecular complexity index is 876. The fourth-order valence-corrected chi connectivity index (χ4v) is 2.97. The topological polar surface area (TPSA) is 66.5 Å². The summed E-state index contributed by atoms with van der Waals surface area (Å²) in [5, 5.41) is 2.44. The van der Waals surface area contributed by atoms with E-state index >= 15 is 0 Å². The zero-order valence-corrected chi connectivity index (χ0v) is 14.1. The van der Waals surface area contributed by atoms with E-state index < -0.39 is 35.4 Å². The summed E-state index contributed by atoms with van der Waals surface area (Å²) in [4.78, 5) is 38.9. The van der Waals surface area contributed by atoms with Crippen LogP contribution in [0.1, 0.15) is 34.6 Å². The summed E-state index contributed by atoms with van der Waals surface area (Å²) in [5.41, 5.74) is 0.517. The van der Waals surface area contributed by atoms with E-state index in [9.17, 15) is 23.2 Å². The molecule has 2 aromatic carbocycles. The Labute approximate surface area is 148 Å². The smallest absolute Gasteiger partial charge is 0.262 e. The number of carbonyl (C=O) groups excluding carboxylic acids is 3. The maximum Gasteiger partial charge on any atom is 0.262 e. The molecule has 0 radical (unpaired) electrons. The van der Waals surface area contributed by atoms with Gasteiger partial charge in [0.2, 0.25) is 5.91 Å². The van der Waals surface area contributed by atoms with Crippen molar-refractivity contribution in [3.05, 3.63) is 65.2 Å². The molecule has 26 heavy (non-hydrogen) atoms. The van der Waals surface area contributed by atoms with Gasteiger partial charge in [0.05, 0.1) is 11.1 Å². The van der Waals surface area contributed by atoms with Crippen LogP contribution in [0.2, 0.25) is 0 Å². The highest BCUT2D eigenvalue weighted by Crippen LogP contribution is 2.28. The maximum absolute atomic E-state index is 13.3. The summed E-state index contributed by atoms with van der Waals surface area (Å²) < 4.78 is 26.4. The number of anilines is 1. The molecular formula is C19H16F2N2O3. The predicted octanol–water partition coefficient (Wildman–Crippen LogP) is 3.22. The molecule has 5 nitrogen and oxygen atoms in total. The number of carbonyl (C=O) groups is 3. The van der Waals surface area contributed by atoms with E-state index in [0.29, 0.717) is 0 Å². The molecule has 2 aromatic rings. The Morgan fingerprint density at radius 1 is 0.962 bits per heavy atom. The van der Waals surface area contributed by atoms with Gasteiger partial charge in [-0.15, -0.1) is 0 Å². The Kier molecular flexibility index (Phi) is 4.54. The third-order valence-corrected chi connectivity index (χ3v) is 4.19. The van der Waals surface area contributed by atoms with Crippen molar-refractivity contribution in [3.63, 3.8) is 0 Å². The number of hydrogen-bond donors (Lipinski definition) is 1. The minimum absolute atomic E-state index is 0.0381. The van der Waals surface area contributed by atoms with Crippen LogP contribution >= 0.6 is 0 Å². The van der Waals surface area contributed by atoms with Gasteiger partial charge in [0.15, 0.2) is 11.6 Å². The van der Waals surface area contributed by atoms with Crippen molar-refractivity contribution in [2.75, 3.05) is 5.32 Å². The van der Waals surface area contributed by atoms with Crippen molar-refractivity contribution in [1.29, 1.82) is 0 Å². The van der Waals surface area contributed by atoms with E-state index in [1.165, 1.54) is 18.2 Å². The van der Waals surface area contributed by atoms with Crippen molar-refractivity contribution in [2.45, 2.75) is 19.9 Å². The van der Waals surface area contributed by atoms with Crippen molar-refractivity contribution in [1.82, 2.24) is 4.90 Å². The molecule has 0 bridgehead atoms. The van der Waals surface area contributed by atoms with Gasteiger partial charge >= 0.3 is 0 Å². The lowest BCUT2D eigenvalue weighted by Crippen LogP contribution is -2.50. The van der Waals surface area contributed by atoms with Crippen LogP contribution in [0.3, 0.4) is 0 Å². The van der Waals surface area contributed by atoms with Gasteiger partial charge < -0.3 is 5.32 Å². The van der Waals surface area contributed by atoms with Crippen LogP contribution in [0.25, 0.3) is 0 Å². The number of nitrogens with zero attached hydrogens (tertiary/aromatic N) is 1. The number of fused-ring (bicyclic) bond motifs is 1. The van der Waals surface area contributed by atoms with Gasteiger partial charge in [-0.05, 0) is 30.2 Å². The van der Waals surface area contributed by atoms with Crippen LogP contribution in [0.4, 0.5) is 14.5 Å². The molecule has 134 valence electrons. The first-order chi connectivity index (χ1) is 12.3. The van der Waals surface area contributed by atoms with E-state index in [0.717, 1.165) is 17.0 Å². The predicted molar refractivity (Wildman–Crippen MR) is 90.6 cm³/mol. The van der Waals surface area contributed by atoms with Crippen LogP contribution in [-0.4, -0.2) is 28.7 Å². The molecular weight excluding hydrogens is 342 g/mol. The molecule has 3 amide bonds. The lowest BCUT2D eigenvalue weighted by molar-refractivity contribution is -0.121. The molecule has 1 atom stereocenters. The van der Waals surface area contributed by atoms with Gasteiger partial charge in [-0.1, -0.05) is 26.0 Å². The van der Waals surface area contributed by atoms with E-state index in [1.807, 2.05) is 0 Å². The first-order valence-corrected chi connectivity index (χ1v) is 8.04. The minimum Gasteiger partial charge on any atom is -0.324 e. The highest BCUT2D eigenvalue weighted by molar-refractivity contribution is 6.23. The Morgan fingerprint density at radius 2 is 1.54 bits per heavy atom. The zero-order valence-electron chi connectivity index (χ0n) is 14.1. The molecule has 0 saturated carbocycles. The average Bonchev–Trinajstić information content (AvgIpc) is 2.84. The zero-order chi connectivity index (χ0) is 19.0. The number of rotatable bonds is 4. The average molecular weight is 358 g/mol. The third kappa shape index (κ3) is 2.96. The normalized spacial score (nSPS) is 14.6. The summed E-state index contributed by atoms with van der Waals surface area (Å²) in [7, 11) is 0. The molecule has 0 aromatic heterocycles. The largest absolute Gasteiger partial charge is 0.324 e. The standard InChI is InChI=1S/C19H16F2N2O3/c1-10(2)16(17(24)22-11-7-8-14(20)15(21)9-11)23-18(25)12-5-3-4-6-13(12)19(23)26/h3-10,16H,1-2H3,(H,22,24). The molecule has 3 rings (SSSR count). The molecule has 1 aliphatic rings. The van der Waals surface area contributed by atoms with Gasteiger partial charge in [0, 0.05) is 11.8 Å².